The predicted molar refractivity (Wildman–Crippen MR) is 87.2 cm³/mol. The lowest BCUT2D eigenvalue weighted by Crippen LogP contribution is -2.44. The molecule has 0 fully saturated rings. The Bertz CT molecular complexity index is 784. The minimum Gasteiger partial charge on any atom is -0.493 e. The van der Waals surface area contributed by atoms with E-state index in [-0.39, 0.29) is 11.9 Å². The molecule has 4 rings (SSSR count). The maximum absolute atomic E-state index is 12.8. The summed E-state index contributed by atoms with van der Waals surface area (Å²) in [4.78, 5) is 14.8. The van der Waals surface area contributed by atoms with Crippen LogP contribution in [0.2, 0.25) is 0 Å². The SMILES string of the molecule is COc1cc2c(cc1OC)[C@H]1Cc3ccccc3C(=O)N1CC2. The minimum absolute atomic E-state index is 0.0842. The summed E-state index contributed by atoms with van der Waals surface area (Å²) in [6.07, 6.45) is 1.70. The highest BCUT2D eigenvalue weighted by molar-refractivity contribution is 5.97. The second-order valence-corrected chi connectivity index (χ2v) is 6.03. The van der Waals surface area contributed by atoms with E-state index in [0.29, 0.717) is 0 Å². The molecule has 2 aliphatic heterocycles. The highest BCUT2D eigenvalue weighted by Gasteiger charge is 2.37. The monoisotopic (exact) mass is 309 g/mol. The minimum atomic E-state index is 0.0842. The van der Waals surface area contributed by atoms with Crippen LogP contribution in [-0.2, 0) is 12.8 Å². The molecule has 4 nitrogen and oxygen atoms in total. The average Bonchev–Trinajstić information content (AvgIpc) is 2.60. The molecular weight excluding hydrogens is 290 g/mol. The van der Waals surface area contributed by atoms with Gasteiger partial charge in [-0.3, -0.25) is 4.79 Å². The molecule has 23 heavy (non-hydrogen) atoms. The molecule has 118 valence electrons. The largest absolute Gasteiger partial charge is 0.493 e. The van der Waals surface area contributed by atoms with E-state index in [1.54, 1.807) is 14.2 Å². The molecule has 0 bridgehead atoms. The lowest BCUT2D eigenvalue weighted by atomic mass is 9.83. The van der Waals surface area contributed by atoms with Crippen LogP contribution in [0.25, 0.3) is 0 Å². The molecule has 0 saturated heterocycles. The van der Waals surface area contributed by atoms with Crippen LogP contribution in [0.15, 0.2) is 36.4 Å². The molecule has 0 aliphatic carbocycles. The average molecular weight is 309 g/mol. The lowest BCUT2D eigenvalue weighted by molar-refractivity contribution is 0.0631. The first-order chi connectivity index (χ1) is 11.2. The van der Waals surface area contributed by atoms with E-state index in [1.807, 2.05) is 29.2 Å². The van der Waals surface area contributed by atoms with Gasteiger partial charge in [0, 0.05) is 12.1 Å². The van der Waals surface area contributed by atoms with Crippen LogP contribution in [0.1, 0.15) is 33.1 Å². The van der Waals surface area contributed by atoms with Gasteiger partial charge in [-0.15, -0.1) is 0 Å². The quantitative estimate of drug-likeness (QED) is 0.856. The van der Waals surface area contributed by atoms with E-state index in [1.165, 1.54) is 11.1 Å². The van der Waals surface area contributed by atoms with Gasteiger partial charge in [0.05, 0.1) is 20.3 Å². The van der Waals surface area contributed by atoms with Gasteiger partial charge in [-0.2, -0.15) is 0 Å². The summed E-state index contributed by atoms with van der Waals surface area (Å²) < 4.78 is 10.9. The van der Waals surface area contributed by atoms with Gasteiger partial charge in [0.15, 0.2) is 11.5 Å². The highest BCUT2D eigenvalue weighted by Crippen LogP contribution is 2.42. The van der Waals surface area contributed by atoms with Crippen molar-refractivity contribution in [1.29, 1.82) is 0 Å². The summed E-state index contributed by atoms with van der Waals surface area (Å²) in [5, 5.41) is 0. The predicted octanol–water partition coefficient (Wildman–Crippen LogP) is 3.00. The summed E-state index contributed by atoms with van der Waals surface area (Å²) in [6, 6.07) is 12.1. The van der Waals surface area contributed by atoms with Gasteiger partial charge in [0.25, 0.3) is 5.91 Å². The normalized spacial score (nSPS) is 18.8. The van der Waals surface area contributed by atoms with Crippen LogP contribution in [-0.4, -0.2) is 31.6 Å². The van der Waals surface area contributed by atoms with Gasteiger partial charge < -0.3 is 14.4 Å². The zero-order valence-electron chi connectivity index (χ0n) is 13.3. The van der Waals surface area contributed by atoms with E-state index in [0.717, 1.165) is 42.0 Å². The Labute approximate surface area is 135 Å². The zero-order chi connectivity index (χ0) is 16.0. The molecule has 2 heterocycles. The smallest absolute Gasteiger partial charge is 0.254 e. The van der Waals surface area contributed by atoms with Gasteiger partial charge in [-0.25, -0.2) is 0 Å². The van der Waals surface area contributed by atoms with E-state index in [9.17, 15) is 4.79 Å². The van der Waals surface area contributed by atoms with Gasteiger partial charge in [0.2, 0.25) is 0 Å². The summed E-state index contributed by atoms with van der Waals surface area (Å²) >= 11 is 0. The molecule has 4 heteroatoms. The highest BCUT2D eigenvalue weighted by atomic mass is 16.5. The second-order valence-electron chi connectivity index (χ2n) is 6.03. The molecule has 0 radical (unpaired) electrons. The molecule has 2 aromatic rings. The maximum atomic E-state index is 12.8. The van der Waals surface area contributed by atoms with Crippen LogP contribution in [0, 0.1) is 0 Å². The number of methoxy groups -OCH3 is 2. The Hall–Kier alpha value is -2.49. The Kier molecular flexibility index (Phi) is 3.26. The van der Waals surface area contributed by atoms with Gasteiger partial charge in [-0.1, -0.05) is 18.2 Å². The van der Waals surface area contributed by atoms with Crippen LogP contribution in [0.3, 0.4) is 0 Å². The van der Waals surface area contributed by atoms with Crippen molar-refractivity contribution in [1.82, 2.24) is 4.90 Å². The number of hydrogen-bond donors (Lipinski definition) is 0. The number of fused-ring (bicyclic) bond motifs is 4. The molecule has 0 saturated carbocycles. The van der Waals surface area contributed by atoms with Gasteiger partial charge in [-0.05, 0) is 47.7 Å². The van der Waals surface area contributed by atoms with Gasteiger partial charge in [0.1, 0.15) is 0 Å². The summed E-state index contributed by atoms with van der Waals surface area (Å²) in [5.74, 6) is 1.61. The first kappa shape index (κ1) is 14.1. The third-order valence-electron chi connectivity index (χ3n) is 4.92. The van der Waals surface area contributed by atoms with E-state index in [4.69, 9.17) is 9.47 Å². The molecule has 1 amide bonds. The summed E-state index contributed by atoms with van der Waals surface area (Å²) in [6.45, 7) is 0.750. The van der Waals surface area contributed by atoms with E-state index in [2.05, 4.69) is 12.1 Å². The van der Waals surface area contributed by atoms with Crippen LogP contribution in [0.5, 0.6) is 11.5 Å². The number of carbonyl (C=O) groups excluding carboxylic acids is 1. The van der Waals surface area contributed by atoms with E-state index < -0.39 is 0 Å². The van der Waals surface area contributed by atoms with Crippen molar-refractivity contribution in [2.45, 2.75) is 18.9 Å². The zero-order valence-corrected chi connectivity index (χ0v) is 13.3. The molecule has 2 aliphatic rings. The number of nitrogens with zero attached hydrogens (tertiary/aromatic N) is 1. The molecule has 0 spiro atoms. The molecule has 2 aromatic carbocycles. The number of hydrogen-bond acceptors (Lipinski definition) is 3. The first-order valence-electron chi connectivity index (χ1n) is 7.86. The fraction of sp³-hybridized carbons (Fsp3) is 0.316. The summed E-state index contributed by atoms with van der Waals surface area (Å²) in [5.41, 5.74) is 4.39. The molecule has 0 N–H and O–H groups in total. The maximum Gasteiger partial charge on any atom is 0.254 e. The van der Waals surface area contributed by atoms with Crippen molar-refractivity contribution in [3.63, 3.8) is 0 Å². The van der Waals surface area contributed by atoms with Crippen molar-refractivity contribution in [3.8, 4) is 11.5 Å². The number of ether oxygens (including phenoxy) is 2. The second kappa shape index (κ2) is 5.30. The van der Waals surface area contributed by atoms with Crippen LogP contribution in [0.4, 0.5) is 0 Å². The molecule has 0 unspecified atom stereocenters. The Morgan fingerprint density at radius 3 is 2.57 bits per heavy atom. The number of amides is 1. The van der Waals surface area contributed by atoms with Crippen molar-refractivity contribution in [3.05, 3.63) is 58.7 Å². The third-order valence-corrected chi connectivity index (χ3v) is 4.92. The first-order valence-corrected chi connectivity index (χ1v) is 7.86. The standard InChI is InChI=1S/C19H19NO3/c1-22-17-10-13-7-8-20-16(15(13)11-18(17)23-2)9-12-5-3-4-6-14(12)19(20)21/h3-6,10-11,16H,7-9H2,1-2H3/t16-/m1/s1. The topological polar surface area (TPSA) is 38.8 Å². The van der Waals surface area contributed by atoms with Crippen molar-refractivity contribution >= 4 is 5.91 Å². The fourth-order valence-corrected chi connectivity index (χ4v) is 3.76. The Balaban J connectivity index is 1.83. The number of carbonyl (C=O) groups is 1. The van der Waals surface area contributed by atoms with Crippen LogP contribution < -0.4 is 9.47 Å². The van der Waals surface area contributed by atoms with Crippen molar-refractivity contribution in [2.75, 3.05) is 20.8 Å². The molecule has 1 atom stereocenters. The fourth-order valence-electron chi connectivity index (χ4n) is 3.76. The Morgan fingerprint density at radius 2 is 1.78 bits per heavy atom. The lowest BCUT2D eigenvalue weighted by Gasteiger charge is -2.41. The third kappa shape index (κ3) is 2.09. The van der Waals surface area contributed by atoms with Gasteiger partial charge >= 0.3 is 0 Å². The molecule has 0 aromatic heterocycles. The number of rotatable bonds is 2. The van der Waals surface area contributed by atoms with E-state index >= 15 is 0 Å². The van der Waals surface area contributed by atoms with Crippen molar-refractivity contribution < 1.29 is 14.3 Å². The number of benzene rings is 2. The van der Waals surface area contributed by atoms with Crippen molar-refractivity contribution in [2.24, 2.45) is 0 Å². The summed E-state index contributed by atoms with van der Waals surface area (Å²) in [7, 11) is 3.30. The van der Waals surface area contributed by atoms with Crippen LogP contribution >= 0.6 is 0 Å². The Morgan fingerprint density at radius 1 is 1.04 bits per heavy atom. The molecular formula is C19H19NO3.